The minimum atomic E-state index is -0.710. The monoisotopic (exact) mass is 298 g/mol. The molecule has 1 saturated heterocycles. The number of nitrogens with two attached hydrogens (primary N) is 3. The Bertz CT molecular complexity index is 557. The van der Waals surface area contributed by atoms with Gasteiger partial charge in [-0.05, 0) is 19.8 Å². The molecular weight excluding hydrogens is 280 g/mol. The molecule has 1 aliphatic heterocycles. The standard InChI is InChI=1S/C12H18N4O3S/c1-12(19)2-4-16(5-3-12)11-6(9(14)17)7(13)8(20-11)10(15)18/h19H,2-5,13H2,1H3,(H2,14,17)(H2,15,18). The van der Waals surface area contributed by atoms with E-state index < -0.39 is 17.4 Å². The number of primary amides is 2. The Labute approximate surface area is 120 Å². The average Bonchev–Trinajstić information content (AvgIpc) is 2.67. The van der Waals surface area contributed by atoms with Gasteiger partial charge in [0.05, 0.1) is 16.9 Å². The molecule has 2 heterocycles. The van der Waals surface area contributed by atoms with E-state index in [9.17, 15) is 14.7 Å². The van der Waals surface area contributed by atoms with Crippen molar-refractivity contribution in [2.45, 2.75) is 25.4 Å². The summed E-state index contributed by atoms with van der Waals surface area (Å²) < 4.78 is 0. The van der Waals surface area contributed by atoms with E-state index in [0.717, 1.165) is 11.3 Å². The van der Waals surface area contributed by atoms with Crippen molar-refractivity contribution < 1.29 is 14.7 Å². The van der Waals surface area contributed by atoms with Gasteiger partial charge in [0.15, 0.2) is 0 Å². The molecule has 1 aromatic heterocycles. The van der Waals surface area contributed by atoms with Gasteiger partial charge in [-0.15, -0.1) is 11.3 Å². The summed E-state index contributed by atoms with van der Waals surface area (Å²) >= 11 is 1.07. The highest BCUT2D eigenvalue weighted by molar-refractivity contribution is 7.19. The molecule has 1 aliphatic rings. The first-order valence-corrected chi connectivity index (χ1v) is 7.04. The molecule has 0 radical (unpaired) electrons. The van der Waals surface area contributed by atoms with Crippen molar-refractivity contribution in [3.05, 3.63) is 10.4 Å². The smallest absolute Gasteiger partial charge is 0.260 e. The number of piperidine rings is 1. The number of rotatable bonds is 3. The minimum Gasteiger partial charge on any atom is -0.397 e. The lowest BCUT2D eigenvalue weighted by molar-refractivity contribution is 0.0352. The van der Waals surface area contributed by atoms with E-state index in [2.05, 4.69) is 0 Å². The SMILES string of the molecule is CC1(O)CCN(c2sc(C(N)=O)c(N)c2C(N)=O)CC1. The van der Waals surface area contributed by atoms with Crippen molar-refractivity contribution in [3.63, 3.8) is 0 Å². The summed E-state index contributed by atoms with van der Waals surface area (Å²) in [6.45, 7) is 2.90. The topological polar surface area (TPSA) is 136 Å². The van der Waals surface area contributed by atoms with E-state index >= 15 is 0 Å². The second kappa shape index (κ2) is 4.95. The highest BCUT2D eigenvalue weighted by Crippen LogP contribution is 2.39. The van der Waals surface area contributed by atoms with E-state index in [1.807, 2.05) is 4.90 Å². The fourth-order valence-corrected chi connectivity index (χ4v) is 3.40. The van der Waals surface area contributed by atoms with Gasteiger partial charge >= 0.3 is 0 Å². The van der Waals surface area contributed by atoms with Gasteiger partial charge in [-0.3, -0.25) is 9.59 Å². The number of anilines is 2. The van der Waals surface area contributed by atoms with Crippen LogP contribution < -0.4 is 22.1 Å². The van der Waals surface area contributed by atoms with Crippen molar-refractivity contribution in [2.24, 2.45) is 11.5 Å². The van der Waals surface area contributed by atoms with Crippen LogP contribution in [0.3, 0.4) is 0 Å². The van der Waals surface area contributed by atoms with Crippen molar-refractivity contribution >= 4 is 33.8 Å². The van der Waals surface area contributed by atoms with Gasteiger partial charge < -0.3 is 27.2 Å². The highest BCUT2D eigenvalue weighted by Gasteiger charge is 2.32. The van der Waals surface area contributed by atoms with E-state index in [1.165, 1.54) is 0 Å². The first kappa shape index (κ1) is 14.6. The molecule has 2 amide bonds. The van der Waals surface area contributed by atoms with Gasteiger partial charge in [-0.2, -0.15) is 0 Å². The van der Waals surface area contributed by atoms with Gasteiger partial charge in [0, 0.05) is 13.1 Å². The number of nitrogen functional groups attached to an aromatic ring is 1. The molecule has 0 atom stereocenters. The zero-order chi connectivity index (χ0) is 15.1. The van der Waals surface area contributed by atoms with Crippen LogP contribution in [0.15, 0.2) is 0 Å². The predicted molar refractivity (Wildman–Crippen MR) is 77.8 cm³/mol. The van der Waals surface area contributed by atoms with Crippen LogP contribution in [0.4, 0.5) is 10.7 Å². The number of aliphatic hydroxyl groups is 1. The molecule has 0 spiro atoms. The van der Waals surface area contributed by atoms with Crippen LogP contribution in [-0.4, -0.2) is 35.6 Å². The summed E-state index contributed by atoms with van der Waals surface area (Å²) in [5, 5.41) is 10.5. The third kappa shape index (κ3) is 2.56. The Balaban J connectivity index is 2.39. The molecule has 7 nitrogen and oxygen atoms in total. The first-order chi connectivity index (χ1) is 9.23. The molecule has 7 N–H and O–H groups in total. The zero-order valence-corrected chi connectivity index (χ0v) is 12.0. The van der Waals surface area contributed by atoms with Gasteiger partial charge in [0.2, 0.25) is 0 Å². The summed E-state index contributed by atoms with van der Waals surface area (Å²) in [6, 6.07) is 0. The molecule has 2 rings (SSSR count). The van der Waals surface area contributed by atoms with Crippen LogP contribution in [-0.2, 0) is 0 Å². The fourth-order valence-electron chi connectivity index (χ4n) is 2.27. The third-order valence-corrected chi connectivity index (χ3v) is 4.81. The van der Waals surface area contributed by atoms with Gasteiger partial charge in [-0.1, -0.05) is 0 Å². The van der Waals surface area contributed by atoms with Gasteiger partial charge in [-0.25, -0.2) is 0 Å². The molecule has 0 bridgehead atoms. The van der Waals surface area contributed by atoms with E-state index in [-0.39, 0.29) is 16.1 Å². The number of carbonyl (C=O) groups is 2. The predicted octanol–water partition coefficient (Wildman–Crippen LogP) is -0.121. The maximum atomic E-state index is 11.6. The van der Waals surface area contributed by atoms with E-state index in [4.69, 9.17) is 17.2 Å². The fraction of sp³-hybridized carbons (Fsp3) is 0.500. The lowest BCUT2D eigenvalue weighted by Gasteiger charge is -2.36. The molecule has 20 heavy (non-hydrogen) atoms. The van der Waals surface area contributed by atoms with Crippen LogP contribution in [0, 0.1) is 0 Å². The summed E-state index contributed by atoms with van der Waals surface area (Å²) in [7, 11) is 0. The Morgan fingerprint density at radius 3 is 2.25 bits per heavy atom. The second-order valence-electron chi connectivity index (χ2n) is 5.24. The van der Waals surface area contributed by atoms with E-state index in [1.54, 1.807) is 6.92 Å². The second-order valence-corrected chi connectivity index (χ2v) is 6.24. The Kier molecular flexibility index (Phi) is 3.61. The van der Waals surface area contributed by atoms with Crippen LogP contribution in [0.1, 0.15) is 39.8 Å². The Morgan fingerprint density at radius 1 is 1.25 bits per heavy atom. The molecule has 1 aromatic rings. The molecular formula is C12H18N4O3S. The first-order valence-electron chi connectivity index (χ1n) is 6.22. The summed E-state index contributed by atoms with van der Waals surface area (Å²) in [4.78, 5) is 25.0. The number of amides is 2. The lowest BCUT2D eigenvalue weighted by Crippen LogP contribution is -2.42. The largest absolute Gasteiger partial charge is 0.397 e. The minimum absolute atomic E-state index is 0.0438. The van der Waals surface area contributed by atoms with Crippen molar-refractivity contribution in [1.82, 2.24) is 0 Å². The molecule has 0 saturated carbocycles. The average molecular weight is 298 g/mol. The normalized spacial score (nSPS) is 18.0. The molecule has 0 aliphatic carbocycles. The number of nitrogens with zero attached hydrogens (tertiary/aromatic N) is 1. The number of carbonyl (C=O) groups excluding carboxylic acids is 2. The maximum Gasteiger partial charge on any atom is 0.260 e. The summed E-state index contributed by atoms with van der Waals surface area (Å²) in [5.41, 5.74) is 15.9. The van der Waals surface area contributed by atoms with Gasteiger partial charge in [0.1, 0.15) is 9.88 Å². The molecule has 8 heteroatoms. The Morgan fingerprint density at radius 2 is 1.80 bits per heavy atom. The highest BCUT2D eigenvalue weighted by atomic mass is 32.1. The molecule has 0 unspecified atom stereocenters. The lowest BCUT2D eigenvalue weighted by atomic mass is 9.94. The number of hydrogen-bond acceptors (Lipinski definition) is 6. The summed E-state index contributed by atoms with van der Waals surface area (Å²) in [5.74, 6) is -1.36. The molecule has 1 fully saturated rings. The quantitative estimate of drug-likeness (QED) is 0.616. The van der Waals surface area contributed by atoms with E-state index in [0.29, 0.717) is 30.9 Å². The number of hydrogen-bond donors (Lipinski definition) is 4. The van der Waals surface area contributed by atoms with Crippen LogP contribution in [0.2, 0.25) is 0 Å². The zero-order valence-electron chi connectivity index (χ0n) is 11.2. The van der Waals surface area contributed by atoms with Crippen molar-refractivity contribution in [1.29, 1.82) is 0 Å². The van der Waals surface area contributed by atoms with Crippen LogP contribution in [0.5, 0.6) is 0 Å². The van der Waals surface area contributed by atoms with Crippen molar-refractivity contribution in [2.75, 3.05) is 23.7 Å². The molecule has 0 aromatic carbocycles. The molecule has 110 valence electrons. The third-order valence-electron chi connectivity index (χ3n) is 3.52. The maximum absolute atomic E-state index is 11.6. The Hall–Kier alpha value is -1.80. The van der Waals surface area contributed by atoms with Crippen LogP contribution >= 0.6 is 11.3 Å². The summed E-state index contributed by atoms with van der Waals surface area (Å²) in [6.07, 6.45) is 1.13. The van der Waals surface area contributed by atoms with Gasteiger partial charge in [0.25, 0.3) is 11.8 Å². The van der Waals surface area contributed by atoms with Crippen molar-refractivity contribution in [3.8, 4) is 0 Å². The number of thiophene rings is 1. The van der Waals surface area contributed by atoms with Crippen LogP contribution in [0.25, 0.3) is 0 Å².